The Morgan fingerprint density at radius 3 is 1.80 bits per heavy atom. The molecule has 1 aromatic rings. The molecule has 1 nitrogen and oxygen atoms in total. The molecule has 0 aliphatic heterocycles. The Kier molecular flexibility index (Phi) is 4.89. The van der Waals surface area contributed by atoms with E-state index in [4.69, 9.17) is 4.43 Å². The Labute approximate surface area is 125 Å². The largest absolute Gasteiger partial charge is 0.402 e. The van der Waals surface area contributed by atoms with Gasteiger partial charge < -0.3 is 4.43 Å². The van der Waals surface area contributed by atoms with Crippen LogP contribution in [0.15, 0.2) is 24.3 Å². The van der Waals surface area contributed by atoms with Gasteiger partial charge in [0.15, 0.2) is 8.32 Å². The van der Waals surface area contributed by atoms with E-state index < -0.39 is 8.32 Å². The highest BCUT2D eigenvalue weighted by molar-refractivity contribution is 6.69. The van der Waals surface area contributed by atoms with Crippen LogP contribution in [0.5, 0.6) is 0 Å². The van der Waals surface area contributed by atoms with Crippen molar-refractivity contribution in [3.05, 3.63) is 35.4 Å². The minimum atomic E-state index is -1.57. The minimum absolute atomic E-state index is 0.187. The predicted octanol–water partition coefficient (Wildman–Crippen LogP) is 4.97. The van der Waals surface area contributed by atoms with E-state index >= 15 is 0 Å². The van der Waals surface area contributed by atoms with E-state index in [0.717, 1.165) is 5.56 Å². The third-order valence-corrected chi connectivity index (χ3v) is 3.94. The third kappa shape index (κ3) is 5.94. The van der Waals surface area contributed by atoms with Gasteiger partial charge in [0, 0.05) is 5.56 Å². The zero-order chi connectivity index (χ0) is 15.6. The van der Waals surface area contributed by atoms with Crippen molar-refractivity contribution >= 4 is 8.32 Å². The molecule has 2 heteroatoms. The van der Waals surface area contributed by atoms with Crippen molar-refractivity contribution in [2.45, 2.75) is 65.3 Å². The highest BCUT2D eigenvalue weighted by Gasteiger charge is 2.25. The summed E-state index contributed by atoms with van der Waals surface area (Å²) in [7, 11) is -1.57. The maximum absolute atomic E-state index is 6.09. The quantitative estimate of drug-likeness (QED) is 0.552. The summed E-state index contributed by atoms with van der Waals surface area (Å²) < 4.78 is 6.09. The van der Waals surface area contributed by atoms with E-state index in [1.807, 2.05) is 13.8 Å². The molecule has 0 bridgehead atoms. The van der Waals surface area contributed by atoms with E-state index in [-0.39, 0.29) is 11.0 Å². The fraction of sp³-hybridized carbons (Fsp3) is 0.556. The number of hydrogen-bond acceptors (Lipinski definition) is 1. The van der Waals surface area contributed by atoms with E-state index in [1.165, 1.54) is 5.56 Å². The molecule has 0 radical (unpaired) electrons. The molecular formula is C18H28OSi. The smallest absolute Gasteiger partial charge is 0.185 e. The second kappa shape index (κ2) is 5.75. The standard InChI is InChI=1S/C18H28OSi/c1-17(2,3)16-11-9-15(10-12-16)13-14-18(4,5)19-20(6,7)8/h9-12H,1-8H3. The Hall–Kier alpha value is -1.04. The van der Waals surface area contributed by atoms with Gasteiger partial charge in [0.05, 0.1) is 0 Å². The van der Waals surface area contributed by atoms with Gasteiger partial charge in [0.25, 0.3) is 0 Å². The second-order valence-corrected chi connectivity index (χ2v) is 12.2. The molecule has 0 N–H and O–H groups in total. The SMILES string of the molecule is CC(C)(C#Cc1ccc(C(C)(C)C)cc1)O[Si](C)(C)C. The normalized spacial score (nSPS) is 12.8. The van der Waals surface area contributed by atoms with Crippen LogP contribution in [0.3, 0.4) is 0 Å². The minimum Gasteiger partial charge on any atom is -0.402 e. The summed E-state index contributed by atoms with van der Waals surface area (Å²) in [5.41, 5.74) is 2.19. The van der Waals surface area contributed by atoms with Crippen molar-refractivity contribution in [3.8, 4) is 11.8 Å². The van der Waals surface area contributed by atoms with Crippen LogP contribution in [0.25, 0.3) is 0 Å². The monoisotopic (exact) mass is 288 g/mol. The maximum Gasteiger partial charge on any atom is 0.185 e. The second-order valence-electron chi connectivity index (χ2n) is 7.80. The number of benzene rings is 1. The first-order valence-corrected chi connectivity index (χ1v) is 10.6. The van der Waals surface area contributed by atoms with Crippen LogP contribution in [0.4, 0.5) is 0 Å². The molecule has 0 fully saturated rings. The Bertz CT molecular complexity index is 502. The average molecular weight is 289 g/mol. The zero-order valence-corrected chi connectivity index (χ0v) is 15.2. The molecule has 110 valence electrons. The van der Waals surface area contributed by atoms with Crippen molar-refractivity contribution in [2.24, 2.45) is 0 Å². The fourth-order valence-electron chi connectivity index (χ4n) is 2.07. The first-order chi connectivity index (χ1) is 8.89. The topological polar surface area (TPSA) is 9.23 Å². The van der Waals surface area contributed by atoms with Gasteiger partial charge in [-0.3, -0.25) is 0 Å². The third-order valence-electron chi connectivity index (χ3n) is 2.82. The molecule has 0 unspecified atom stereocenters. The number of rotatable bonds is 2. The molecule has 0 atom stereocenters. The fourth-order valence-corrected chi connectivity index (χ4v) is 3.65. The Morgan fingerprint density at radius 1 is 0.900 bits per heavy atom. The van der Waals surface area contributed by atoms with Gasteiger partial charge in [0.2, 0.25) is 0 Å². The van der Waals surface area contributed by atoms with Crippen LogP contribution in [0.1, 0.15) is 45.7 Å². The highest BCUT2D eigenvalue weighted by Crippen LogP contribution is 2.22. The molecule has 0 aliphatic rings. The maximum atomic E-state index is 6.09. The van der Waals surface area contributed by atoms with Gasteiger partial charge in [0.1, 0.15) is 5.60 Å². The van der Waals surface area contributed by atoms with Crippen molar-refractivity contribution in [2.75, 3.05) is 0 Å². The van der Waals surface area contributed by atoms with Crippen molar-refractivity contribution in [1.29, 1.82) is 0 Å². The van der Waals surface area contributed by atoms with Gasteiger partial charge in [-0.25, -0.2) is 0 Å². The molecule has 0 saturated carbocycles. The van der Waals surface area contributed by atoms with Crippen LogP contribution >= 0.6 is 0 Å². The molecule has 0 aliphatic carbocycles. The molecule has 0 heterocycles. The van der Waals surface area contributed by atoms with Gasteiger partial charge in [-0.15, -0.1) is 0 Å². The van der Waals surface area contributed by atoms with E-state index in [9.17, 15) is 0 Å². The van der Waals surface area contributed by atoms with Crippen LogP contribution in [-0.4, -0.2) is 13.9 Å². The molecule has 0 spiro atoms. The van der Waals surface area contributed by atoms with Crippen LogP contribution < -0.4 is 0 Å². The molecule has 0 aromatic heterocycles. The lowest BCUT2D eigenvalue weighted by molar-refractivity contribution is 0.164. The van der Waals surface area contributed by atoms with E-state index in [2.05, 4.69) is 76.5 Å². The zero-order valence-electron chi connectivity index (χ0n) is 14.2. The average Bonchev–Trinajstić information content (AvgIpc) is 2.22. The molecule has 0 amide bonds. The van der Waals surface area contributed by atoms with E-state index in [1.54, 1.807) is 0 Å². The summed E-state index contributed by atoms with van der Waals surface area (Å²) in [4.78, 5) is 0. The Morgan fingerprint density at radius 2 is 1.40 bits per heavy atom. The number of hydrogen-bond donors (Lipinski definition) is 0. The first kappa shape index (κ1) is 17.0. The van der Waals surface area contributed by atoms with Gasteiger partial charge >= 0.3 is 0 Å². The van der Waals surface area contributed by atoms with Crippen molar-refractivity contribution in [1.82, 2.24) is 0 Å². The summed E-state index contributed by atoms with van der Waals surface area (Å²) in [6.45, 7) is 17.3. The summed E-state index contributed by atoms with van der Waals surface area (Å²) in [6.07, 6.45) is 0. The summed E-state index contributed by atoms with van der Waals surface area (Å²) in [5, 5.41) is 0. The van der Waals surface area contributed by atoms with Crippen LogP contribution in [0.2, 0.25) is 19.6 Å². The molecular weight excluding hydrogens is 260 g/mol. The van der Waals surface area contributed by atoms with Crippen molar-refractivity contribution < 1.29 is 4.43 Å². The summed E-state index contributed by atoms with van der Waals surface area (Å²) in [5.74, 6) is 6.49. The lowest BCUT2D eigenvalue weighted by Gasteiger charge is -2.28. The van der Waals surface area contributed by atoms with Crippen molar-refractivity contribution in [3.63, 3.8) is 0 Å². The van der Waals surface area contributed by atoms with Gasteiger partial charge in [-0.2, -0.15) is 0 Å². The van der Waals surface area contributed by atoms with Gasteiger partial charge in [-0.05, 0) is 56.6 Å². The Balaban J connectivity index is 2.87. The lowest BCUT2D eigenvalue weighted by atomic mass is 9.87. The van der Waals surface area contributed by atoms with Crippen LogP contribution in [0, 0.1) is 11.8 Å². The predicted molar refractivity (Wildman–Crippen MR) is 90.5 cm³/mol. The molecule has 1 aromatic carbocycles. The van der Waals surface area contributed by atoms with E-state index in [0.29, 0.717) is 0 Å². The first-order valence-electron chi connectivity index (χ1n) is 7.23. The summed E-state index contributed by atoms with van der Waals surface area (Å²) >= 11 is 0. The van der Waals surface area contributed by atoms with Gasteiger partial charge in [-0.1, -0.05) is 44.7 Å². The summed E-state index contributed by atoms with van der Waals surface area (Å²) in [6, 6.07) is 8.52. The van der Waals surface area contributed by atoms with Crippen LogP contribution in [-0.2, 0) is 9.84 Å². The molecule has 20 heavy (non-hydrogen) atoms. The molecule has 1 rings (SSSR count). The highest BCUT2D eigenvalue weighted by atomic mass is 28.4. The molecule has 0 saturated heterocycles. The lowest BCUT2D eigenvalue weighted by Crippen LogP contribution is -2.37.